The highest BCUT2D eigenvalue weighted by atomic mass is 32.1. The maximum absolute atomic E-state index is 4.49. The maximum Gasteiger partial charge on any atom is 0.185 e. The van der Waals surface area contributed by atoms with E-state index in [0.29, 0.717) is 5.41 Å². The molecule has 1 N–H and O–H groups in total. The molecule has 1 aromatic heterocycles. The summed E-state index contributed by atoms with van der Waals surface area (Å²) in [5, 5.41) is 4.70. The Morgan fingerprint density at radius 1 is 1.41 bits per heavy atom. The van der Waals surface area contributed by atoms with Crippen LogP contribution in [0.25, 0.3) is 0 Å². The van der Waals surface area contributed by atoms with Crippen molar-refractivity contribution in [2.45, 2.75) is 40.2 Å². The molecule has 0 aromatic carbocycles. The maximum atomic E-state index is 4.49. The second-order valence-electron chi connectivity index (χ2n) is 5.20. The molecule has 0 amide bonds. The monoisotopic (exact) mass is 253 g/mol. The molecule has 1 aliphatic carbocycles. The number of thiazole rings is 1. The zero-order valence-corrected chi connectivity index (χ0v) is 11.9. The molecule has 0 saturated heterocycles. The van der Waals surface area contributed by atoms with Gasteiger partial charge >= 0.3 is 0 Å². The van der Waals surface area contributed by atoms with Crippen molar-refractivity contribution in [3.05, 3.63) is 11.1 Å². The van der Waals surface area contributed by atoms with E-state index >= 15 is 0 Å². The lowest BCUT2D eigenvalue weighted by atomic mass is 10.1. The quantitative estimate of drug-likeness (QED) is 0.810. The fraction of sp³-hybridized carbons (Fsp3) is 0.769. The molecular weight excluding hydrogens is 230 g/mol. The van der Waals surface area contributed by atoms with Crippen molar-refractivity contribution in [1.29, 1.82) is 0 Å². The highest BCUT2D eigenvalue weighted by Gasteiger charge is 2.36. The van der Waals surface area contributed by atoms with E-state index in [4.69, 9.17) is 0 Å². The number of anilines is 1. The molecule has 0 atom stereocenters. The normalized spacial score (nSPS) is 17.1. The minimum absolute atomic E-state index is 0.590. The van der Waals surface area contributed by atoms with Gasteiger partial charge in [-0.3, -0.25) is 0 Å². The van der Waals surface area contributed by atoms with Crippen molar-refractivity contribution in [3.8, 4) is 0 Å². The predicted molar refractivity (Wildman–Crippen MR) is 74.7 cm³/mol. The van der Waals surface area contributed by atoms with Gasteiger partial charge in [-0.15, -0.1) is 11.3 Å². The molecule has 1 aliphatic rings. The number of nitrogens with one attached hydrogen (secondary N) is 1. The van der Waals surface area contributed by atoms with Crippen molar-refractivity contribution in [2.24, 2.45) is 5.41 Å². The summed E-state index contributed by atoms with van der Waals surface area (Å²) in [6.45, 7) is 10.9. The van der Waals surface area contributed by atoms with E-state index in [1.165, 1.54) is 17.7 Å². The second-order valence-corrected chi connectivity index (χ2v) is 6.29. The number of aromatic nitrogens is 1. The summed E-state index contributed by atoms with van der Waals surface area (Å²) in [7, 11) is 0. The molecule has 0 bridgehead atoms. The van der Waals surface area contributed by atoms with E-state index in [9.17, 15) is 0 Å². The van der Waals surface area contributed by atoms with E-state index in [1.54, 1.807) is 0 Å². The zero-order chi connectivity index (χ0) is 12.3. The van der Waals surface area contributed by atoms with Crippen LogP contribution in [-0.2, 0) is 6.54 Å². The van der Waals surface area contributed by atoms with Crippen LogP contribution in [-0.4, -0.2) is 24.6 Å². The molecule has 1 heterocycles. The van der Waals surface area contributed by atoms with Crippen molar-refractivity contribution in [2.75, 3.05) is 24.5 Å². The van der Waals surface area contributed by atoms with Gasteiger partial charge in [0.2, 0.25) is 0 Å². The van der Waals surface area contributed by atoms with Crippen LogP contribution in [0.5, 0.6) is 0 Å². The zero-order valence-electron chi connectivity index (χ0n) is 11.1. The van der Waals surface area contributed by atoms with Gasteiger partial charge in [0.25, 0.3) is 0 Å². The van der Waals surface area contributed by atoms with Gasteiger partial charge in [0, 0.05) is 37.3 Å². The molecule has 1 aromatic rings. The lowest BCUT2D eigenvalue weighted by Crippen LogP contribution is -2.21. The highest BCUT2D eigenvalue weighted by Crippen LogP contribution is 2.44. The molecular formula is C13H23N3S. The standard InChI is InChI=1S/C13H23N3S/c1-4-16(5-2)12-15-9-11(17-12)8-14-10-13(3)6-7-13/h9,14H,4-8,10H2,1-3H3. The molecule has 0 aliphatic heterocycles. The third-order valence-corrected chi connectivity index (χ3v) is 4.59. The van der Waals surface area contributed by atoms with Gasteiger partial charge in [0.15, 0.2) is 5.13 Å². The first-order valence-electron chi connectivity index (χ1n) is 6.57. The third kappa shape index (κ3) is 3.42. The van der Waals surface area contributed by atoms with Gasteiger partial charge in [-0.1, -0.05) is 6.92 Å². The van der Waals surface area contributed by atoms with Gasteiger partial charge in [-0.2, -0.15) is 0 Å². The van der Waals surface area contributed by atoms with Crippen LogP contribution in [0.15, 0.2) is 6.20 Å². The summed E-state index contributed by atoms with van der Waals surface area (Å²) < 4.78 is 0. The van der Waals surface area contributed by atoms with Crippen LogP contribution < -0.4 is 10.2 Å². The Labute approximate surface area is 108 Å². The van der Waals surface area contributed by atoms with Crippen molar-refractivity contribution in [1.82, 2.24) is 10.3 Å². The summed E-state index contributed by atoms with van der Waals surface area (Å²) >= 11 is 1.81. The van der Waals surface area contributed by atoms with Gasteiger partial charge < -0.3 is 10.2 Å². The van der Waals surface area contributed by atoms with Gasteiger partial charge in [0.05, 0.1) is 0 Å². The van der Waals surface area contributed by atoms with E-state index in [2.05, 4.69) is 36.0 Å². The lowest BCUT2D eigenvalue weighted by molar-refractivity contribution is 0.501. The van der Waals surface area contributed by atoms with Crippen molar-refractivity contribution >= 4 is 16.5 Å². The minimum Gasteiger partial charge on any atom is -0.349 e. The molecule has 2 rings (SSSR count). The molecule has 17 heavy (non-hydrogen) atoms. The molecule has 0 unspecified atom stereocenters. The first-order chi connectivity index (χ1) is 8.17. The number of hydrogen-bond donors (Lipinski definition) is 1. The Hall–Kier alpha value is -0.610. The van der Waals surface area contributed by atoms with E-state index in [0.717, 1.165) is 31.3 Å². The molecule has 96 valence electrons. The van der Waals surface area contributed by atoms with Crippen LogP contribution in [0, 0.1) is 5.41 Å². The summed E-state index contributed by atoms with van der Waals surface area (Å²) in [5.74, 6) is 0. The summed E-state index contributed by atoms with van der Waals surface area (Å²) in [6.07, 6.45) is 4.78. The van der Waals surface area contributed by atoms with Crippen molar-refractivity contribution in [3.63, 3.8) is 0 Å². The SMILES string of the molecule is CCN(CC)c1ncc(CNCC2(C)CC2)s1. The summed E-state index contributed by atoms with van der Waals surface area (Å²) in [4.78, 5) is 8.14. The third-order valence-electron chi connectivity index (χ3n) is 3.53. The number of rotatable bonds is 7. The van der Waals surface area contributed by atoms with Crippen LogP contribution in [0.2, 0.25) is 0 Å². The van der Waals surface area contributed by atoms with E-state index < -0.39 is 0 Å². The first-order valence-corrected chi connectivity index (χ1v) is 7.39. The average molecular weight is 253 g/mol. The fourth-order valence-corrected chi connectivity index (χ4v) is 2.90. The Bertz CT molecular complexity index is 353. The predicted octanol–water partition coefficient (Wildman–Crippen LogP) is 2.88. The summed E-state index contributed by atoms with van der Waals surface area (Å²) in [5.41, 5.74) is 0.590. The molecule has 4 heteroatoms. The first kappa shape index (κ1) is 12.8. The molecule has 0 spiro atoms. The fourth-order valence-electron chi connectivity index (χ4n) is 1.90. The Morgan fingerprint density at radius 3 is 2.71 bits per heavy atom. The highest BCUT2D eigenvalue weighted by molar-refractivity contribution is 7.15. The van der Waals surface area contributed by atoms with Gasteiger partial charge in [0.1, 0.15) is 0 Å². The minimum atomic E-state index is 0.590. The van der Waals surface area contributed by atoms with Gasteiger partial charge in [-0.05, 0) is 32.1 Å². The van der Waals surface area contributed by atoms with E-state index in [1.807, 2.05) is 17.5 Å². The molecule has 0 radical (unpaired) electrons. The molecule has 1 saturated carbocycles. The van der Waals surface area contributed by atoms with Crippen LogP contribution in [0.1, 0.15) is 38.5 Å². The lowest BCUT2D eigenvalue weighted by Gasteiger charge is -2.16. The molecule has 1 fully saturated rings. The van der Waals surface area contributed by atoms with Crippen LogP contribution in [0.3, 0.4) is 0 Å². The van der Waals surface area contributed by atoms with Crippen LogP contribution in [0.4, 0.5) is 5.13 Å². The molecule has 3 nitrogen and oxygen atoms in total. The largest absolute Gasteiger partial charge is 0.349 e. The smallest absolute Gasteiger partial charge is 0.185 e. The van der Waals surface area contributed by atoms with Crippen molar-refractivity contribution < 1.29 is 0 Å². The Balaban J connectivity index is 1.81. The topological polar surface area (TPSA) is 28.2 Å². The second kappa shape index (κ2) is 5.36. The van der Waals surface area contributed by atoms with E-state index in [-0.39, 0.29) is 0 Å². The number of nitrogens with zero attached hydrogens (tertiary/aromatic N) is 2. The van der Waals surface area contributed by atoms with Crippen LogP contribution >= 0.6 is 11.3 Å². The Morgan fingerprint density at radius 2 is 2.12 bits per heavy atom. The average Bonchev–Trinajstić information content (AvgIpc) is 2.87. The summed E-state index contributed by atoms with van der Waals surface area (Å²) in [6, 6.07) is 0. The van der Waals surface area contributed by atoms with Gasteiger partial charge in [-0.25, -0.2) is 4.98 Å². The number of hydrogen-bond acceptors (Lipinski definition) is 4. The Kier molecular flexibility index (Phi) is 4.05.